The molecule has 1 aromatic carbocycles. The molecule has 0 radical (unpaired) electrons. The Hall–Kier alpha value is -0.280. The van der Waals surface area contributed by atoms with Gasteiger partial charge in [-0.25, -0.2) is 0 Å². The molecule has 0 heterocycles. The second-order valence-electron chi connectivity index (χ2n) is 5.02. The number of ether oxygens (including phenoxy) is 1. The molecule has 0 saturated carbocycles. The van der Waals surface area contributed by atoms with Crippen molar-refractivity contribution in [1.29, 1.82) is 0 Å². The maximum atomic E-state index is 9.84. The molecule has 17 heavy (non-hydrogen) atoms. The van der Waals surface area contributed by atoms with Crippen LogP contribution in [0.2, 0.25) is 10.0 Å². The van der Waals surface area contributed by atoms with Gasteiger partial charge in [0.05, 0.1) is 18.3 Å². The third-order valence-electron chi connectivity index (χ3n) is 2.18. The van der Waals surface area contributed by atoms with E-state index in [4.69, 9.17) is 27.9 Å². The van der Waals surface area contributed by atoms with Gasteiger partial charge in [-0.2, -0.15) is 0 Å². The van der Waals surface area contributed by atoms with Crippen molar-refractivity contribution in [2.75, 3.05) is 6.61 Å². The van der Waals surface area contributed by atoms with Crippen LogP contribution in [0.3, 0.4) is 0 Å². The molecule has 0 aliphatic heterocycles. The van der Waals surface area contributed by atoms with Crippen LogP contribution in [0.5, 0.6) is 0 Å². The van der Waals surface area contributed by atoms with E-state index >= 15 is 0 Å². The predicted octanol–water partition coefficient (Wildman–Crippen LogP) is 3.71. The van der Waals surface area contributed by atoms with Crippen LogP contribution in [-0.4, -0.2) is 23.4 Å². The van der Waals surface area contributed by atoms with Crippen LogP contribution in [0.1, 0.15) is 26.3 Å². The molecule has 1 rings (SSSR count). The SMILES string of the molecule is CC(C)(C)OCC(O)Cc1ccc(Cl)cc1Cl. The van der Waals surface area contributed by atoms with Crippen LogP contribution in [0.4, 0.5) is 0 Å². The molecule has 0 spiro atoms. The van der Waals surface area contributed by atoms with Crippen molar-refractivity contribution >= 4 is 23.2 Å². The predicted molar refractivity (Wildman–Crippen MR) is 71.9 cm³/mol. The second-order valence-corrected chi connectivity index (χ2v) is 5.86. The molecule has 0 aliphatic carbocycles. The van der Waals surface area contributed by atoms with Gasteiger partial charge in [0, 0.05) is 16.5 Å². The van der Waals surface area contributed by atoms with Crippen molar-refractivity contribution in [2.45, 2.75) is 38.9 Å². The summed E-state index contributed by atoms with van der Waals surface area (Å²) < 4.78 is 5.51. The van der Waals surface area contributed by atoms with E-state index in [0.29, 0.717) is 23.1 Å². The fourth-order valence-corrected chi connectivity index (χ4v) is 1.83. The molecule has 0 aromatic heterocycles. The van der Waals surface area contributed by atoms with Gasteiger partial charge in [0.15, 0.2) is 0 Å². The van der Waals surface area contributed by atoms with E-state index in [0.717, 1.165) is 5.56 Å². The van der Waals surface area contributed by atoms with Gasteiger partial charge in [0.25, 0.3) is 0 Å². The lowest BCUT2D eigenvalue weighted by molar-refractivity contribution is -0.0482. The normalized spacial score (nSPS) is 13.8. The van der Waals surface area contributed by atoms with Crippen molar-refractivity contribution in [3.63, 3.8) is 0 Å². The van der Waals surface area contributed by atoms with Gasteiger partial charge in [0.2, 0.25) is 0 Å². The quantitative estimate of drug-likeness (QED) is 0.909. The Bertz CT molecular complexity index is 372. The number of hydrogen-bond donors (Lipinski definition) is 1. The second kappa shape index (κ2) is 6.05. The van der Waals surface area contributed by atoms with Gasteiger partial charge in [-0.15, -0.1) is 0 Å². The molecule has 2 nitrogen and oxygen atoms in total. The highest BCUT2D eigenvalue weighted by Crippen LogP contribution is 2.22. The summed E-state index contributed by atoms with van der Waals surface area (Å²) in [6.45, 7) is 6.15. The standard InChI is InChI=1S/C13H18Cl2O2/c1-13(2,3)17-8-11(16)6-9-4-5-10(14)7-12(9)15/h4-5,7,11,16H,6,8H2,1-3H3. The molecule has 0 saturated heterocycles. The summed E-state index contributed by atoms with van der Waals surface area (Å²) in [5.74, 6) is 0. The average molecular weight is 277 g/mol. The highest BCUT2D eigenvalue weighted by Gasteiger charge is 2.15. The smallest absolute Gasteiger partial charge is 0.0814 e. The van der Waals surface area contributed by atoms with Crippen molar-refractivity contribution in [1.82, 2.24) is 0 Å². The lowest BCUT2D eigenvalue weighted by atomic mass is 10.1. The molecule has 1 unspecified atom stereocenters. The molecule has 0 aliphatic rings. The van der Waals surface area contributed by atoms with Gasteiger partial charge in [-0.3, -0.25) is 0 Å². The first-order chi connectivity index (χ1) is 7.78. The number of aliphatic hydroxyl groups excluding tert-OH is 1. The third-order valence-corrected chi connectivity index (χ3v) is 2.77. The summed E-state index contributed by atoms with van der Waals surface area (Å²) in [6.07, 6.45) is -0.0978. The summed E-state index contributed by atoms with van der Waals surface area (Å²) in [6, 6.07) is 5.26. The molecule has 96 valence electrons. The van der Waals surface area contributed by atoms with Gasteiger partial charge in [-0.05, 0) is 38.5 Å². The van der Waals surface area contributed by atoms with Crippen molar-refractivity contribution in [3.8, 4) is 0 Å². The van der Waals surface area contributed by atoms with E-state index in [1.807, 2.05) is 26.8 Å². The highest BCUT2D eigenvalue weighted by atomic mass is 35.5. The maximum Gasteiger partial charge on any atom is 0.0814 e. The van der Waals surface area contributed by atoms with E-state index in [1.165, 1.54) is 0 Å². The minimum atomic E-state index is -0.562. The summed E-state index contributed by atoms with van der Waals surface area (Å²) in [4.78, 5) is 0. The van der Waals surface area contributed by atoms with Gasteiger partial charge in [-0.1, -0.05) is 29.3 Å². The highest BCUT2D eigenvalue weighted by molar-refractivity contribution is 6.35. The number of halogens is 2. The minimum Gasteiger partial charge on any atom is -0.390 e. The molecule has 1 aromatic rings. The fraction of sp³-hybridized carbons (Fsp3) is 0.538. The van der Waals surface area contributed by atoms with Crippen LogP contribution in [0, 0.1) is 0 Å². The van der Waals surface area contributed by atoms with Crippen LogP contribution in [0.25, 0.3) is 0 Å². The molecule has 1 atom stereocenters. The number of benzene rings is 1. The van der Waals surface area contributed by atoms with Crippen LogP contribution in [-0.2, 0) is 11.2 Å². The fourth-order valence-electron chi connectivity index (χ4n) is 1.35. The number of rotatable bonds is 4. The first kappa shape index (κ1) is 14.8. The molecular weight excluding hydrogens is 259 g/mol. The zero-order valence-corrected chi connectivity index (χ0v) is 11.8. The third kappa shape index (κ3) is 5.73. The Labute approximate surface area is 113 Å². The van der Waals surface area contributed by atoms with Gasteiger partial charge < -0.3 is 9.84 Å². The molecule has 4 heteroatoms. The molecule has 0 bridgehead atoms. The van der Waals surface area contributed by atoms with Crippen LogP contribution in [0.15, 0.2) is 18.2 Å². The van der Waals surface area contributed by atoms with Gasteiger partial charge >= 0.3 is 0 Å². The van der Waals surface area contributed by atoms with Crippen molar-refractivity contribution in [2.24, 2.45) is 0 Å². The summed E-state index contributed by atoms with van der Waals surface area (Å²) in [7, 11) is 0. The van der Waals surface area contributed by atoms with E-state index in [9.17, 15) is 5.11 Å². The summed E-state index contributed by atoms with van der Waals surface area (Å²) in [5, 5.41) is 11.0. The van der Waals surface area contributed by atoms with E-state index in [2.05, 4.69) is 0 Å². The Morgan fingerprint density at radius 2 is 1.94 bits per heavy atom. The van der Waals surface area contributed by atoms with E-state index in [-0.39, 0.29) is 5.60 Å². The summed E-state index contributed by atoms with van der Waals surface area (Å²) >= 11 is 11.8. The average Bonchev–Trinajstić information content (AvgIpc) is 2.18. The number of hydrogen-bond acceptors (Lipinski definition) is 2. The van der Waals surface area contributed by atoms with Crippen LogP contribution < -0.4 is 0 Å². The summed E-state index contributed by atoms with van der Waals surface area (Å²) in [5.41, 5.74) is 0.631. The largest absolute Gasteiger partial charge is 0.390 e. The van der Waals surface area contributed by atoms with E-state index < -0.39 is 6.10 Å². The Kier molecular flexibility index (Phi) is 5.26. The minimum absolute atomic E-state index is 0.245. The molecule has 1 N–H and O–H groups in total. The first-order valence-electron chi connectivity index (χ1n) is 5.54. The topological polar surface area (TPSA) is 29.5 Å². The van der Waals surface area contributed by atoms with Crippen molar-refractivity contribution in [3.05, 3.63) is 33.8 Å². The maximum absolute atomic E-state index is 9.84. The zero-order chi connectivity index (χ0) is 13.1. The lowest BCUT2D eigenvalue weighted by Gasteiger charge is -2.22. The van der Waals surface area contributed by atoms with E-state index in [1.54, 1.807) is 12.1 Å². The van der Waals surface area contributed by atoms with Crippen molar-refractivity contribution < 1.29 is 9.84 Å². The van der Waals surface area contributed by atoms with Crippen LogP contribution >= 0.6 is 23.2 Å². The monoisotopic (exact) mass is 276 g/mol. The Morgan fingerprint density at radius 3 is 2.47 bits per heavy atom. The van der Waals surface area contributed by atoms with Gasteiger partial charge in [0.1, 0.15) is 0 Å². The molecular formula is C13H18Cl2O2. The zero-order valence-electron chi connectivity index (χ0n) is 10.3. The Balaban J connectivity index is 2.53. The molecule has 0 amide bonds. The molecule has 0 fully saturated rings. The number of aliphatic hydroxyl groups is 1. The first-order valence-corrected chi connectivity index (χ1v) is 6.29. The lowest BCUT2D eigenvalue weighted by Crippen LogP contribution is -2.27. The Morgan fingerprint density at radius 1 is 1.29 bits per heavy atom.